The number of Topliss-reactive ketones (excluding diaryl/α,β-unsaturated/α-hetero) is 1. The van der Waals surface area contributed by atoms with Crippen molar-refractivity contribution in [3.8, 4) is 5.75 Å². The van der Waals surface area contributed by atoms with Gasteiger partial charge < -0.3 is 10.1 Å². The van der Waals surface area contributed by atoms with Crippen LogP contribution in [0.5, 0.6) is 5.75 Å². The van der Waals surface area contributed by atoms with E-state index in [0.29, 0.717) is 11.3 Å². The molecular formula is C20H21NO3. The molecule has 1 amide bonds. The predicted octanol–water partition coefficient (Wildman–Crippen LogP) is 3.46. The Hall–Kier alpha value is -2.62. The molecule has 0 fully saturated rings. The van der Waals surface area contributed by atoms with Gasteiger partial charge in [-0.25, -0.2) is 0 Å². The van der Waals surface area contributed by atoms with Crippen LogP contribution in [0.1, 0.15) is 47.3 Å². The number of carbonyl (C=O) groups is 2. The second-order valence-corrected chi connectivity index (χ2v) is 6.08. The quantitative estimate of drug-likeness (QED) is 0.857. The number of ketones is 1. The summed E-state index contributed by atoms with van der Waals surface area (Å²) in [5.74, 6) is 0.460. The molecule has 0 unspecified atom stereocenters. The van der Waals surface area contributed by atoms with E-state index in [9.17, 15) is 9.59 Å². The number of nitrogens with one attached hydrogen (secondary N) is 1. The van der Waals surface area contributed by atoms with Crippen LogP contribution in [0.15, 0.2) is 48.5 Å². The van der Waals surface area contributed by atoms with Crippen LogP contribution >= 0.6 is 0 Å². The molecule has 2 aromatic rings. The van der Waals surface area contributed by atoms with Crippen LogP contribution in [0.3, 0.4) is 0 Å². The predicted molar refractivity (Wildman–Crippen MR) is 92.2 cm³/mol. The van der Waals surface area contributed by atoms with Crippen molar-refractivity contribution in [1.82, 2.24) is 5.32 Å². The molecule has 0 saturated carbocycles. The molecular weight excluding hydrogens is 302 g/mol. The molecule has 0 bridgehead atoms. The lowest BCUT2D eigenvalue weighted by Crippen LogP contribution is -2.34. The van der Waals surface area contributed by atoms with Gasteiger partial charge in [0.05, 0.1) is 6.04 Å². The average Bonchev–Trinajstić information content (AvgIpc) is 2.61. The number of rotatable bonds is 5. The SMILES string of the molecule is CC(=O)c1ccc(OCC(=O)N[C@@H]2CCCc3ccccc32)cc1. The van der Waals surface area contributed by atoms with Crippen molar-refractivity contribution < 1.29 is 14.3 Å². The number of ether oxygens (including phenoxy) is 1. The summed E-state index contributed by atoms with van der Waals surface area (Å²) in [6, 6.07) is 15.1. The molecule has 0 aliphatic heterocycles. The maximum atomic E-state index is 12.2. The summed E-state index contributed by atoms with van der Waals surface area (Å²) in [5, 5.41) is 3.06. The lowest BCUT2D eigenvalue weighted by molar-refractivity contribution is -0.123. The summed E-state index contributed by atoms with van der Waals surface area (Å²) < 4.78 is 5.51. The van der Waals surface area contributed by atoms with Crippen molar-refractivity contribution in [3.63, 3.8) is 0 Å². The van der Waals surface area contributed by atoms with Crippen LogP contribution in [0.2, 0.25) is 0 Å². The number of carbonyl (C=O) groups excluding carboxylic acids is 2. The Labute approximate surface area is 141 Å². The molecule has 1 aliphatic rings. The summed E-state index contributed by atoms with van der Waals surface area (Å²) in [7, 11) is 0. The van der Waals surface area contributed by atoms with Gasteiger partial charge in [-0.05, 0) is 61.6 Å². The zero-order valence-electron chi connectivity index (χ0n) is 13.7. The van der Waals surface area contributed by atoms with E-state index < -0.39 is 0 Å². The maximum Gasteiger partial charge on any atom is 0.258 e. The number of hydrogen-bond acceptors (Lipinski definition) is 3. The number of hydrogen-bond donors (Lipinski definition) is 1. The number of amides is 1. The third kappa shape index (κ3) is 3.82. The van der Waals surface area contributed by atoms with Gasteiger partial charge in [0.2, 0.25) is 0 Å². The maximum absolute atomic E-state index is 12.2. The molecule has 24 heavy (non-hydrogen) atoms. The van der Waals surface area contributed by atoms with E-state index in [0.717, 1.165) is 19.3 Å². The summed E-state index contributed by atoms with van der Waals surface area (Å²) in [6.45, 7) is 1.49. The van der Waals surface area contributed by atoms with Crippen molar-refractivity contribution in [3.05, 3.63) is 65.2 Å². The van der Waals surface area contributed by atoms with Crippen molar-refractivity contribution >= 4 is 11.7 Å². The number of aryl methyl sites for hydroxylation is 1. The Kier molecular flexibility index (Phi) is 4.94. The zero-order chi connectivity index (χ0) is 16.9. The highest BCUT2D eigenvalue weighted by atomic mass is 16.5. The largest absolute Gasteiger partial charge is 0.484 e. The Balaban J connectivity index is 1.56. The highest BCUT2D eigenvalue weighted by molar-refractivity contribution is 5.94. The standard InChI is InChI=1S/C20H21NO3/c1-14(22)15-9-11-17(12-10-15)24-13-20(23)21-19-8-4-6-16-5-2-3-7-18(16)19/h2-3,5,7,9-12,19H,4,6,8,13H2,1H3,(H,21,23)/t19-/m1/s1. The smallest absolute Gasteiger partial charge is 0.258 e. The van der Waals surface area contributed by atoms with Gasteiger partial charge in [-0.3, -0.25) is 9.59 Å². The first-order valence-corrected chi connectivity index (χ1v) is 8.24. The molecule has 2 aromatic carbocycles. The van der Waals surface area contributed by atoms with Gasteiger partial charge in [0.1, 0.15) is 5.75 Å². The highest BCUT2D eigenvalue weighted by Gasteiger charge is 2.21. The molecule has 1 N–H and O–H groups in total. The van der Waals surface area contributed by atoms with Crippen LogP contribution in [0, 0.1) is 0 Å². The summed E-state index contributed by atoms with van der Waals surface area (Å²) in [6.07, 6.45) is 3.10. The van der Waals surface area contributed by atoms with Gasteiger partial charge >= 0.3 is 0 Å². The van der Waals surface area contributed by atoms with Gasteiger partial charge in [-0.15, -0.1) is 0 Å². The fourth-order valence-electron chi connectivity index (χ4n) is 3.07. The van der Waals surface area contributed by atoms with Crippen molar-refractivity contribution in [2.75, 3.05) is 6.61 Å². The fraction of sp³-hybridized carbons (Fsp3) is 0.300. The van der Waals surface area contributed by atoms with Gasteiger partial charge in [0.25, 0.3) is 5.91 Å². The minimum atomic E-state index is -0.132. The van der Waals surface area contributed by atoms with Gasteiger partial charge in [0, 0.05) is 5.56 Å². The Morgan fingerprint density at radius 3 is 2.62 bits per heavy atom. The van der Waals surface area contributed by atoms with Gasteiger partial charge in [0.15, 0.2) is 12.4 Å². The highest BCUT2D eigenvalue weighted by Crippen LogP contribution is 2.29. The molecule has 1 aliphatic carbocycles. The van der Waals surface area contributed by atoms with E-state index >= 15 is 0 Å². The first-order chi connectivity index (χ1) is 11.6. The van der Waals surface area contributed by atoms with E-state index in [1.807, 2.05) is 12.1 Å². The van der Waals surface area contributed by atoms with Gasteiger partial charge in [-0.1, -0.05) is 24.3 Å². The minimum absolute atomic E-state index is 0.00950. The molecule has 0 spiro atoms. The van der Waals surface area contributed by atoms with Crippen molar-refractivity contribution in [2.45, 2.75) is 32.2 Å². The van der Waals surface area contributed by atoms with Crippen LogP contribution in [-0.2, 0) is 11.2 Å². The Morgan fingerprint density at radius 2 is 1.88 bits per heavy atom. The van der Waals surface area contributed by atoms with E-state index in [1.165, 1.54) is 18.1 Å². The fourth-order valence-corrected chi connectivity index (χ4v) is 3.07. The number of benzene rings is 2. The first kappa shape index (κ1) is 16.2. The first-order valence-electron chi connectivity index (χ1n) is 8.24. The molecule has 1 atom stereocenters. The van der Waals surface area contributed by atoms with Crippen LogP contribution in [-0.4, -0.2) is 18.3 Å². The Bertz CT molecular complexity index is 737. The lowest BCUT2D eigenvalue weighted by Gasteiger charge is -2.26. The Morgan fingerprint density at radius 1 is 1.12 bits per heavy atom. The monoisotopic (exact) mass is 323 g/mol. The molecule has 4 nitrogen and oxygen atoms in total. The lowest BCUT2D eigenvalue weighted by atomic mass is 9.88. The van der Waals surface area contributed by atoms with E-state index in [1.54, 1.807) is 24.3 Å². The van der Waals surface area contributed by atoms with E-state index in [-0.39, 0.29) is 24.3 Å². The molecule has 124 valence electrons. The molecule has 0 radical (unpaired) electrons. The molecule has 3 rings (SSSR count). The topological polar surface area (TPSA) is 55.4 Å². The summed E-state index contributed by atoms with van der Waals surface area (Å²) in [5.41, 5.74) is 3.16. The normalized spacial score (nSPS) is 16.1. The molecule has 0 saturated heterocycles. The zero-order valence-corrected chi connectivity index (χ0v) is 13.7. The second kappa shape index (κ2) is 7.30. The molecule has 4 heteroatoms. The van der Waals surface area contributed by atoms with Crippen LogP contribution in [0.4, 0.5) is 0 Å². The molecule has 0 heterocycles. The summed E-state index contributed by atoms with van der Waals surface area (Å²) in [4.78, 5) is 23.4. The van der Waals surface area contributed by atoms with Crippen molar-refractivity contribution in [2.24, 2.45) is 0 Å². The summed E-state index contributed by atoms with van der Waals surface area (Å²) >= 11 is 0. The van der Waals surface area contributed by atoms with Crippen LogP contribution in [0.25, 0.3) is 0 Å². The third-order valence-corrected chi connectivity index (χ3v) is 4.34. The van der Waals surface area contributed by atoms with E-state index in [4.69, 9.17) is 4.74 Å². The van der Waals surface area contributed by atoms with Crippen molar-refractivity contribution in [1.29, 1.82) is 0 Å². The average molecular weight is 323 g/mol. The van der Waals surface area contributed by atoms with Gasteiger partial charge in [-0.2, -0.15) is 0 Å². The van der Waals surface area contributed by atoms with E-state index in [2.05, 4.69) is 17.4 Å². The minimum Gasteiger partial charge on any atom is -0.484 e. The second-order valence-electron chi connectivity index (χ2n) is 6.08. The molecule has 0 aromatic heterocycles. The third-order valence-electron chi connectivity index (χ3n) is 4.34. The number of fused-ring (bicyclic) bond motifs is 1. The van der Waals surface area contributed by atoms with Crippen LogP contribution < -0.4 is 10.1 Å².